The Bertz CT molecular complexity index is 753. The second-order valence-electron chi connectivity index (χ2n) is 5.77. The van der Waals surface area contributed by atoms with Crippen LogP contribution in [-0.2, 0) is 4.74 Å². The van der Waals surface area contributed by atoms with Gasteiger partial charge in [0.05, 0.1) is 12.2 Å². The van der Waals surface area contributed by atoms with Crippen LogP contribution in [0.15, 0.2) is 47.6 Å². The number of carbonyl (C=O) groups excluding carboxylic acids is 2. The lowest BCUT2D eigenvalue weighted by molar-refractivity contribution is -0.774. The molecule has 1 fully saturated rings. The first-order valence-electron chi connectivity index (χ1n) is 7.56. The third-order valence-electron chi connectivity index (χ3n) is 4.25. The highest BCUT2D eigenvalue weighted by molar-refractivity contribution is 6.05. The normalized spacial score (nSPS) is 34.8. The standard InChI is InChI=1S/C16H16FN3O5/c17-12-13(22)10(8-21)25-15(12)20(7-6-11(18)19-16(20)24)14(23)9-4-2-1-3-5-9/h1-7,10,12-13,15,21-22H,8H2,(H-,18,19,24)/p+1/t10-,12-,13-,15-,20?/m1/s1. The Morgan fingerprint density at radius 1 is 1.36 bits per heavy atom. The van der Waals surface area contributed by atoms with Gasteiger partial charge in [-0.25, -0.2) is 14.0 Å². The van der Waals surface area contributed by atoms with Gasteiger partial charge in [-0.15, -0.1) is 9.48 Å². The maximum absolute atomic E-state index is 14.7. The Hall–Kier alpha value is -2.46. The van der Waals surface area contributed by atoms with Crippen molar-refractivity contribution in [2.75, 3.05) is 6.61 Å². The van der Waals surface area contributed by atoms with E-state index >= 15 is 0 Å². The van der Waals surface area contributed by atoms with Gasteiger partial charge in [0.25, 0.3) is 0 Å². The molecule has 0 saturated carbocycles. The Morgan fingerprint density at radius 3 is 2.60 bits per heavy atom. The number of aliphatic hydroxyl groups is 2. The number of benzene rings is 1. The fraction of sp³-hybridized carbons (Fsp3) is 0.312. The van der Waals surface area contributed by atoms with Gasteiger partial charge in [-0.05, 0) is 12.1 Å². The van der Waals surface area contributed by atoms with Crippen LogP contribution < -0.4 is 5.73 Å². The van der Waals surface area contributed by atoms with Gasteiger partial charge in [-0.1, -0.05) is 18.2 Å². The first-order valence-corrected chi connectivity index (χ1v) is 7.56. The van der Waals surface area contributed by atoms with Gasteiger partial charge in [0.2, 0.25) is 12.4 Å². The molecule has 1 aromatic carbocycles. The molecule has 2 aliphatic heterocycles. The Labute approximate surface area is 142 Å². The number of rotatable bonds is 3. The molecule has 5 atom stereocenters. The first kappa shape index (κ1) is 17.4. The Morgan fingerprint density at radius 2 is 2.04 bits per heavy atom. The number of nitrogens with zero attached hydrogens (tertiary/aromatic N) is 2. The zero-order valence-electron chi connectivity index (χ0n) is 13.0. The number of imide groups is 1. The summed E-state index contributed by atoms with van der Waals surface area (Å²) >= 11 is 0. The van der Waals surface area contributed by atoms with Crippen molar-refractivity contribution in [3.63, 3.8) is 0 Å². The minimum Gasteiger partial charge on any atom is -0.394 e. The molecule has 2 aliphatic rings. The van der Waals surface area contributed by atoms with Crippen LogP contribution in [0.2, 0.25) is 0 Å². The zero-order valence-corrected chi connectivity index (χ0v) is 13.0. The molecule has 0 aliphatic carbocycles. The lowest BCUT2D eigenvalue weighted by Crippen LogP contribution is -2.62. The van der Waals surface area contributed by atoms with Crippen molar-refractivity contribution in [3.05, 3.63) is 48.2 Å². The molecule has 0 aromatic heterocycles. The minimum absolute atomic E-state index is 0.132. The summed E-state index contributed by atoms with van der Waals surface area (Å²) in [4.78, 5) is 29.3. The summed E-state index contributed by atoms with van der Waals surface area (Å²) in [6, 6.07) is 6.76. The fourth-order valence-corrected chi connectivity index (χ4v) is 2.93. The Kier molecular flexibility index (Phi) is 4.48. The van der Waals surface area contributed by atoms with Crippen LogP contribution in [0.4, 0.5) is 9.18 Å². The number of halogens is 1. The smallest absolute Gasteiger partial charge is 0.394 e. The van der Waals surface area contributed by atoms with Crippen molar-refractivity contribution in [2.24, 2.45) is 10.7 Å². The minimum atomic E-state index is -2.09. The van der Waals surface area contributed by atoms with Crippen molar-refractivity contribution >= 4 is 17.8 Å². The molecule has 0 bridgehead atoms. The number of urea groups is 1. The fourth-order valence-electron chi connectivity index (χ4n) is 2.93. The van der Waals surface area contributed by atoms with Crippen LogP contribution >= 0.6 is 0 Å². The highest BCUT2D eigenvalue weighted by Crippen LogP contribution is 2.35. The van der Waals surface area contributed by atoms with E-state index in [0.29, 0.717) is 0 Å². The van der Waals surface area contributed by atoms with Gasteiger partial charge in [-0.3, -0.25) is 0 Å². The lowest BCUT2D eigenvalue weighted by atomic mass is 10.1. The molecule has 2 heterocycles. The van der Waals surface area contributed by atoms with Gasteiger partial charge in [0, 0.05) is 6.08 Å². The van der Waals surface area contributed by atoms with Gasteiger partial charge in [0.15, 0.2) is 0 Å². The van der Waals surface area contributed by atoms with Crippen LogP contribution in [0.1, 0.15) is 10.4 Å². The molecule has 25 heavy (non-hydrogen) atoms. The summed E-state index contributed by atoms with van der Waals surface area (Å²) in [5, 5.41) is 19.1. The van der Waals surface area contributed by atoms with E-state index in [-0.39, 0.29) is 11.4 Å². The number of nitrogens with two attached hydrogens (primary N) is 1. The summed E-state index contributed by atoms with van der Waals surface area (Å²) in [7, 11) is 0. The molecule has 9 heteroatoms. The highest BCUT2D eigenvalue weighted by Gasteiger charge is 2.62. The predicted octanol–water partition coefficient (Wildman–Crippen LogP) is 0.0643. The summed E-state index contributed by atoms with van der Waals surface area (Å²) in [5.41, 5.74) is 5.63. The van der Waals surface area contributed by atoms with E-state index in [0.717, 1.165) is 6.20 Å². The molecule has 132 valence electrons. The topological polar surface area (TPSA) is 122 Å². The van der Waals surface area contributed by atoms with E-state index in [4.69, 9.17) is 10.5 Å². The monoisotopic (exact) mass is 350 g/mol. The molecular formula is C16H17FN3O5+. The van der Waals surface area contributed by atoms with Crippen LogP contribution in [0, 0.1) is 0 Å². The van der Waals surface area contributed by atoms with E-state index < -0.39 is 47.6 Å². The second-order valence-corrected chi connectivity index (χ2v) is 5.77. The van der Waals surface area contributed by atoms with E-state index in [9.17, 15) is 24.2 Å². The number of aliphatic imine (C=N–C) groups is 1. The average molecular weight is 350 g/mol. The predicted molar refractivity (Wildman–Crippen MR) is 83.8 cm³/mol. The molecule has 8 nitrogen and oxygen atoms in total. The molecular weight excluding hydrogens is 333 g/mol. The molecule has 1 saturated heterocycles. The number of amidine groups is 1. The van der Waals surface area contributed by atoms with E-state index in [1.807, 2.05) is 0 Å². The summed E-state index contributed by atoms with van der Waals surface area (Å²) in [5.74, 6) is -0.913. The van der Waals surface area contributed by atoms with Crippen molar-refractivity contribution in [3.8, 4) is 0 Å². The number of ether oxygens (including phenoxy) is 1. The van der Waals surface area contributed by atoms with Gasteiger partial charge in [-0.2, -0.15) is 0 Å². The second kappa shape index (κ2) is 6.45. The number of hydrogen-bond acceptors (Lipinski definition) is 6. The summed E-state index contributed by atoms with van der Waals surface area (Å²) in [6.45, 7) is -0.666. The van der Waals surface area contributed by atoms with E-state index in [1.165, 1.54) is 18.2 Å². The maximum atomic E-state index is 14.7. The number of amides is 3. The molecule has 0 radical (unpaired) electrons. The molecule has 1 unspecified atom stereocenters. The molecule has 3 amide bonds. The maximum Gasteiger partial charge on any atom is 0.459 e. The van der Waals surface area contributed by atoms with Crippen LogP contribution in [0.3, 0.4) is 0 Å². The SMILES string of the molecule is NC1=NC(=O)[N+](C(=O)c2ccccc2)([C@@H]2O[C@H](CO)[C@@H](O)[C@H]2F)C=C1. The van der Waals surface area contributed by atoms with Crippen LogP contribution in [0.5, 0.6) is 0 Å². The quantitative estimate of drug-likeness (QED) is 0.663. The molecule has 4 N–H and O–H groups in total. The number of alkyl halides is 1. The summed E-state index contributed by atoms with van der Waals surface area (Å²) in [6.07, 6.45) is -4.42. The first-order chi connectivity index (χ1) is 11.9. The van der Waals surface area contributed by atoms with Gasteiger partial charge >= 0.3 is 11.9 Å². The average Bonchev–Trinajstić information content (AvgIpc) is 2.91. The lowest BCUT2D eigenvalue weighted by Gasteiger charge is -2.34. The number of hydrogen-bond donors (Lipinski definition) is 3. The van der Waals surface area contributed by atoms with Crippen molar-refractivity contribution in [1.29, 1.82) is 0 Å². The molecule has 3 rings (SSSR count). The number of aliphatic hydroxyl groups excluding tert-OH is 2. The number of carbonyl (C=O) groups is 2. The third kappa shape index (κ3) is 2.67. The van der Waals surface area contributed by atoms with E-state index in [1.54, 1.807) is 18.2 Å². The number of quaternary nitrogens is 1. The molecule has 0 spiro atoms. The van der Waals surface area contributed by atoms with Crippen molar-refractivity contribution in [1.82, 2.24) is 0 Å². The largest absolute Gasteiger partial charge is 0.459 e. The third-order valence-corrected chi connectivity index (χ3v) is 4.25. The molecule has 1 aromatic rings. The van der Waals surface area contributed by atoms with Gasteiger partial charge in [0.1, 0.15) is 24.2 Å². The van der Waals surface area contributed by atoms with Gasteiger partial charge < -0.3 is 20.7 Å². The zero-order chi connectivity index (χ0) is 18.2. The van der Waals surface area contributed by atoms with Crippen molar-refractivity contribution < 1.29 is 33.4 Å². The van der Waals surface area contributed by atoms with Crippen LogP contribution in [-0.4, -0.2) is 63.7 Å². The Balaban J connectivity index is 2.10. The van der Waals surface area contributed by atoms with Crippen molar-refractivity contribution in [2.45, 2.75) is 24.6 Å². The summed E-state index contributed by atoms with van der Waals surface area (Å²) < 4.78 is 18.7. The van der Waals surface area contributed by atoms with E-state index in [2.05, 4.69) is 4.99 Å². The van der Waals surface area contributed by atoms with Crippen LogP contribution in [0.25, 0.3) is 0 Å². The highest BCUT2D eigenvalue weighted by atomic mass is 19.1.